The van der Waals surface area contributed by atoms with E-state index < -0.39 is 0 Å². The Hall–Kier alpha value is -2.54. The molecule has 3 aromatic carbocycles. The SMILES string of the molecule is C=C/C=c1\c(=C)c2cccc3[nH]c4cccc1c4c32. The smallest absolute Gasteiger partial charge is 0.0471 e. The van der Waals surface area contributed by atoms with Gasteiger partial charge < -0.3 is 4.98 Å². The van der Waals surface area contributed by atoms with Gasteiger partial charge in [-0.1, -0.05) is 49.6 Å². The molecule has 1 heterocycles. The first-order valence-electron chi connectivity index (χ1n) is 6.37. The summed E-state index contributed by atoms with van der Waals surface area (Å²) in [5, 5.41) is 7.29. The Morgan fingerprint density at radius 2 is 1.53 bits per heavy atom. The zero-order chi connectivity index (χ0) is 13.0. The van der Waals surface area contributed by atoms with Crippen molar-refractivity contribution in [1.29, 1.82) is 0 Å². The number of allylic oxidation sites excluding steroid dienone is 1. The molecule has 1 N–H and O–H groups in total. The van der Waals surface area contributed by atoms with E-state index in [1.165, 1.54) is 37.8 Å². The Morgan fingerprint density at radius 3 is 2.21 bits per heavy atom. The molecule has 0 aliphatic carbocycles. The molecule has 0 aliphatic rings. The number of benzene rings is 3. The van der Waals surface area contributed by atoms with Crippen molar-refractivity contribution in [1.82, 2.24) is 4.98 Å². The summed E-state index contributed by atoms with van der Waals surface area (Å²) in [4.78, 5) is 3.49. The highest BCUT2D eigenvalue weighted by Crippen LogP contribution is 2.30. The van der Waals surface area contributed by atoms with Crippen molar-refractivity contribution in [3.05, 3.63) is 59.5 Å². The highest BCUT2D eigenvalue weighted by atomic mass is 14.7. The quantitative estimate of drug-likeness (QED) is 0.494. The Bertz CT molecular complexity index is 1030. The molecule has 0 unspecified atom stereocenters. The molecule has 1 heteroatoms. The van der Waals surface area contributed by atoms with Gasteiger partial charge >= 0.3 is 0 Å². The van der Waals surface area contributed by atoms with Crippen LogP contribution in [0.4, 0.5) is 0 Å². The largest absolute Gasteiger partial charge is 0.354 e. The monoisotopic (exact) mass is 243 g/mol. The van der Waals surface area contributed by atoms with Crippen LogP contribution in [0.15, 0.2) is 49.1 Å². The van der Waals surface area contributed by atoms with Gasteiger partial charge in [0.25, 0.3) is 0 Å². The fraction of sp³-hybridized carbons (Fsp3) is 0. The van der Waals surface area contributed by atoms with E-state index in [1.807, 2.05) is 12.2 Å². The van der Waals surface area contributed by atoms with Crippen LogP contribution in [0.3, 0.4) is 0 Å². The Kier molecular flexibility index (Phi) is 1.91. The Morgan fingerprint density at radius 1 is 0.895 bits per heavy atom. The molecule has 0 fully saturated rings. The van der Waals surface area contributed by atoms with E-state index >= 15 is 0 Å². The van der Waals surface area contributed by atoms with Crippen molar-refractivity contribution in [3.8, 4) is 0 Å². The molecule has 1 nitrogen and oxygen atoms in total. The first-order chi connectivity index (χ1) is 9.31. The van der Waals surface area contributed by atoms with Crippen LogP contribution in [0.2, 0.25) is 0 Å². The van der Waals surface area contributed by atoms with Crippen LogP contribution in [0.5, 0.6) is 0 Å². The molecule has 19 heavy (non-hydrogen) atoms. The molecule has 0 atom stereocenters. The highest BCUT2D eigenvalue weighted by Gasteiger charge is 2.11. The van der Waals surface area contributed by atoms with Crippen LogP contribution in [0, 0.1) is 0 Å². The first-order valence-corrected chi connectivity index (χ1v) is 6.37. The summed E-state index contributed by atoms with van der Waals surface area (Å²) >= 11 is 0. The molecular formula is C18H13N. The molecule has 0 radical (unpaired) electrons. The molecule has 4 aromatic rings. The summed E-state index contributed by atoms with van der Waals surface area (Å²) in [5.74, 6) is 0. The van der Waals surface area contributed by atoms with Crippen molar-refractivity contribution < 1.29 is 0 Å². The number of hydrogen-bond acceptors (Lipinski definition) is 0. The third-order valence-corrected chi connectivity index (χ3v) is 3.87. The summed E-state index contributed by atoms with van der Waals surface area (Å²) in [7, 11) is 0. The molecule has 90 valence electrons. The third-order valence-electron chi connectivity index (χ3n) is 3.87. The fourth-order valence-electron chi connectivity index (χ4n) is 3.09. The zero-order valence-electron chi connectivity index (χ0n) is 10.5. The van der Waals surface area contributed by atoms with Gasteiger partial charge in [0, 0.05) is 21.8 Å². The van der Waals surface area contributed by atoms with E-state index in [4.69, 9.17) is 0 Å². The van der Waals surface area contributed by atoms with Gasteiger partial charge in [-0.15, -0.1) is 0 Å². The maximum atomic E-state index is 4.27. The molecular weight excluding hydrogens is 230 g/mol. The van der Waals surface area contributed by atoms with Gasteiger partial charge in [0.15, 0.2) is 0 Å². The van der Waals surface area contributed by atoms with E-state index in [0.717, 1.165) is 5.22 Å². The topological polar surface area (TPSA) is 15.8 Å². The predicted octanol–water partition coefficient (Wildman–Crippen LogP) is 3.29. The second-order valence-electron chi connectivity index (χ2n) is 4.88. The van der Waals surface area contributed by atoms with Gasteiger partial charge in [0.05, 0.1) is 0 Å². The minimum atomic E-state index is 1.07. The summed E-state index contributed by atoms with van der Waals surface area (Å²) in [6, 6.07) is 12.7. The summed E-state index contributed by atoms with van der Waals surface area (Å²) in [5.41, 5.74) is 2.36. The van der Waals surface area contributed by atoms with Crippen molar-refractivity contribution in [2.24, 2.45) is 0 Å². The normalized spacial score (nSPS) is 12.9. The second kappa shape index (κ2) is 3.48. The number of hydrogen-bond donors (Lipinski definition) is 1. The standard InChI is InChI=1S/C18H13N/c1-3-6-12-11(2)13-7-4-9-15-17(13)18-14(12)8-5-10-16(18)19-15/h3-10,19H,1-2H2/b12-6+. The molecule has 4 rings (SSSR count). The van der Waals surface area contributed by atoms with Crippen molar-refractivity contribution >= 4 is 45.2 Å². The van der Waals surface area contributed by atoms with E-state index in [9.17, 15) is 0 Å². The average molecular weight is 243 g/mol. The van der Waals surface area contributed by atoms with E-state index in [0.29, 0.717) is 0 Å². The lowest BCUT2D eigenvalue weighted by molar-refractivity contribution is 1.55. The van der Waals surface area contributed by atoms with Crippen LogP contribution < -0.4 is 10.4 Å². The van der Waals surface area contributed by atoms with Crippen LogP contribution in [0.1, 0.15) is 0 Å². The van der Waals surface area contributed by atoms with E-state index in [2.05, 4.69) is 54.5 Å². The highest BCUT2D eigenvalue weighted by molar-refractivity contribution is 6.23. The molecule has 0 saturated heterocycles. The molecule has 1 aromatic heterocycles. The van der Waals surface area contributed by atoms with E-state index in [-0.39, 0.29) is 0 Å². The first kappa shape index (κ1) is 10.4. The van der Waals surface area contributed by atoms with Gasteiger partial charge in [0.2, 0.25) is 0 Å². The average Bonchev–Trinajstić information content (AvgIpc) is 2.81. The molecule has 0 aliphatic heterocycles. The Balaban J connectivity index is 2.55. The minimum absolute atomic E-state index is 1.07. The minimum Gasteiger partial charge on any atom is -0.354 e. The fourth-order valence-corrected chi connectivity index (χ4v) is 3.09. The van der Waals surface area contributed by atoms with Crippen molar-refractivity contribution in [2.45, 2.75) is 0 Å². The van der Waals surface area contributed by atoms with Crippen molar-refractivity contribution in [2.75, 3.05) is 0 Å². The lowest BCUT2D eigenvalue weighted by atomic mass is 9.98. The molecule has 0 bridgehead atoms. The van der Waals surface area contributed by atoms with Crippen LogP contribution in [-0.4, -0.2) is 4.98 Å². The van der Waals surface area contributed by atoms with E-state index in [1.54, 1.807) is 0 Å². The summed E-state index contributed by atoms with van der Waals surface area (Å²) in [6.45, 7) is 8.10. The number of aromatic amines is 1. The lowest BCUT2D eigenvalue weighted by Crippen LogP contribution is -2.24. The number of rotatable bonds is 1. The number of aromatic nitrogens is 1. The molecule has 0 saturated carbocycles. The van der Waals surface area contributed by atoms with Gasteiger partial charge in [-0.2, -0.15) is 0 Å². The lowest BCUT2D eigenvalue weighted by Gasteiger charge is -2.04. The van der Waals surface area contributed by atoms with Crippen molar-refractivity contribution in [3.63, 3.8) is 0 Å². The van der Waals surface area contributed by atoms with Crippen LogP contribution in [0.25, 0.3) is 45.2 Å². The summed E-state index contributed by atoms with van der Waals surface area (Å²) < 4.78 is 0. The summed E-state index contributed by atoms with van der Waals surface area (Å²) in [6.07, 6.45) is 3.88. The molecule has 0 spiro atoms. The van der Waals surface area contributed by atoms with Crippen LogP contribution >= 0.6 is 0 Å². The predicted molar refractivity (Wildman–Crippen MR) is 83.9 cm³/mol. The maximum Gasteiger partial charge on any atom is 0.0471 e. The number of nitrogens with one attached hydrogen (secondary N) is 1. The molecule has 0 amide bonds. The van der Waals surface area contributed by atoms with Gasteiger partial charge in [0.1, 0.15) is 0 Å². The second-order valence-corrected chi connectivity index (χ2v) is 4.88. The maximum absolute atomic E-state index is 4.27. The van der Waals surface area contributed by atoms with Gasteiger partial charge in [-0.3, -0.25) is 0 Å². The zero-order valence-corrected chi connectivity index (χ0v) is 10.5. The Labute approximate surface area is 110 Å². The third kappa shape index (κ3) is 1.19. The van der Waals surface area contributed by atoms with Gasteiger partial charge in [-0.05, 0) is 33.3 Å². The van der Waals surface area contributed by atoms with Crippen LogP contribution in [-0.2, 0) is 0 Å². The number of H-pyrrole nitrogens is 1. The van der Waals surface area contributed by atoms with Gasteiger partial charge in [-0.25, -0.2) is 0 Å².